The van der Waals surface area contributed by atoms with Gasteiger partial charge in [-0.05, 0) is 39.3 Å². The van der Waals surface area contributed by atoms with Gasteiger partial charge in [-0.1, -0.05) is 0 Å². The molecular weight excluding hydrogens is 327 g/mol. The molecule has 8 heteroatoms. The molecule has 2 atom stereocenters. The minimum absolute atomic E-state index is 0.230. The van der Waals surface area contributed by atoms with Crippen molar-refractivity contribution in [1.82, 2.24) is 4.90 Å². The number of benzene rings is 1. The maximum Gasteiger partial charge on any atom is 0.411 e. The summed E-state index contributed by atoms with van der Waals surface area (Å²) in [6, 6.07) is 0.134. The van der Waals surface area contributed by atoms with E-state index in [1.165, 1.54) is 0 Å². The predicted octanol–water partition coefficient (Wildman–Crippen LogP) is 3.28. The Morgan fingerprint density at radius 2 is 1.79 bits per heavy atom. The Kier molecular flexibility index (Phi) is 4.77. The Morgan fingerprint density at radius 1 is 1.21 bits per heavy atom. The monoisotopic (exact) mass is 345 g/mol. The van der Waals surface area contributed by atoms with Crippen molar-refractivity contribution in [2.45, 2.75) is 44.8 Å². The highest BCUT2D eigenvalue weighted by Gasteiger charge is 2.43. The molecule has 0 radical (unpaired) electrons. The van der Waals surface area contributed by atoms with Gasteiger partial charge in [0.1, 0.15) is 17.5 Å². The largest absolute Gasteiger partial charge is 0.480 e. The summed E-state index contributed by atoms with van der Waals surface area (Å²) < 4.78 is 46.4. The van der Waals surface area contributed by atoms with Crippen LogP contribution in [0.3, 0.4) is 0 Å². The fraction of sp³-hybridized carbons (Fsp3) is 0.500. The van der Waals surface area contributed by atoms with Crippen LogP contribution in [0, 0.1) is 17.5 Å². The Morgan fingerprint density at radius 3 is 2.33 bits per heavy atom. The van der Waals surface area contributed by atoms with Gasteiger partial charge in [-0.2, -0.15) is 0 Å². The normalized spacial score (nSPS) is 21.0. The van der Waals surface area contributed by atoms with Crippen molar-refractivity contribution in [3.05, 3.63) is 35.1 Å². The van der Waals surface area contributed by atoms with Crippen LogP contribution in [0.15, 0.2) is 12.1 Å². The van der Waals surface area contributed by atoms with E-state index in [2.05, 4.69) is 0 Å². The third-order valence-corrected chi connectivity index (χ3v) is 3.70. The summed E-state index contributed by atoms with van der Waals surface area (Å²) in [7, 11) is 0. The van der Waals surface area contributed by atoms with Gasteiger partial charge in [0.25, 0.3) is 0 Å². The highest BCUT2D eigenvalue weighted by atomic mass is 19.2. The maximum atomic E-state index is 13.9. The smallest absolute Gasteiger partial charge is 0.411 e. The summed E-state index contributed by atoms with van der Waals surface area (Å²) in [6.07, 6.45) is -1.12. The first kappa shape index (κ1) is 18.1. The lowest BCUT2D eigenvalue weighted by Gasteiger charge is -2.26. The molecule has 1 aromatic rings. The number of aliphatic carboxylic acids is 1. The lowest BCUT2D eigenvalue weighted by molar-refractivity contribution is -0.142. The number of carboxylic acid groups (broad SMARTS) is 1. The van der Waals surface area contributed by atoms with E-state index in [1.807, 2.05) is 0 Å². The molecule has 0 saturated carbocycles. The van der Waals surface area contributed by atoms with E-state index in [0.717, 1.165) is 11.0 Å². The second-order valence-electron chi connectivity index (χ2n) is 6.68. The summed E-state index contributed by atoms with van der Waals surface area (Å²) >= 11 is 0. The summed E-state index contributed by atoms with van der Waals surface area (Å²) in [5, 5.41) is 9.28. The highest BCUT2D eigenvalue weighted by molar-refractivity contribution is 5.81. The molecule has 1 saturated heterocycles. The van der Waals surface area contributed by atoms with Crippen LogP contribution in [0.5, 0.6) is 0 Å². The maximum absolute atomic E-state index is 13.9. The van der Waals surface area contributed by atoms with Gasteiger partial charge in [0.2, 0.25) is 0 Å². The highest BCUT2D eigenvalue weighted by Crippen LogP contribution is 2.36. The zero-order valence-electron chi connectivity index (χ0n) is 13.5. The molecule has 5 nitrogen and oxygen atoms in total. The van der Waals surface area contributed by atoms with E-state index >= 15 is 0 Å². The number of likely N-dealkylation sites (tertiary alicyclic amines) is 1. The SMILES string of the molecule is CC(C)(C)OC(=O)N1CC(c2c(F)ccc(F)c2F)CC1C(=O)O. The summed E-state index contributed by atoms with van der Waals surface area (Å²) in [5.41, 5.74) is -1.40. The molecule has 1 aliphatic heterocycles. The Bertz CT molecular complexity index is 672. The average molecular weight is 345 g/mol. The average Bonchev–Trinajstić information content (AvgIpc) is 2.87. The first-order chi connectivity index (χ1) is 11.0. The summed E-state index contributed by atoms with van der Waals surface area (Å²) in [5.74, 6) is -5.87. The van der Waals surface area contributed by atoms with Gasteiger partial charge in [-0.25, -0.2) is 22.8 Å². The van der Waals surface area contributed by atoms with Crippen molar-refractivity contribution >= 4 is 12.1 Å². The number of hydrogen-bond acceptors (Lipinski definition) is 3. The lowest BCUT2D eigenvalue weighted by Crippen LogP contribution is -2.43. The Hall–Kier alpha value is -2.25. The van der Waals surface area contributed by atoms with Gasteiger partial charge in [-0.3, -0.25) is 4.90 Å². The van der Waals surface area contributed by atoms with Crippen molar-refractivity contribution in [2.24, 2.45) is 0 Å². The van der Waals surface area contributed by atoms with Gasteiger partial charge < -0.3 is 9.84 Å². The zero-order valence-corrected chi connectivity index (χ0v) is 13.5. The van der Waals surface area contributed by atoms with Crippen LogP contribution in [0.1, 0.15) is 38.7 Å². The first-order valence-corrected chi connectivity index (χ1v) is 7.37. The van der Waals surface area contributed by atoms with Crippen LogP contribution in [0.4, 0.5) is 18.0 Å². The molecule has 1 heterocycles. The Balaban J connectivity index is 2.33. The molecule has 1 aliphatic rings. The molecule has 1 amide bonds. The zero-order chi connectivity index (χ0) is 18.2. The van der Waals surface area contributed by atoms with Crippen LogP contribution in [-0.4, -0.2) is 40.3 Å². The van der Waals surface area contributed by atoms with E-state index < -0.39 is 52.6 Å². The molecule has 132 valence electrons. The number of amides is 1. The molecule has 1 aromatic carbocycles. The number of halogens is 3. The number of carbonyl (C=O) groups is 2. The molecule has 2 unspecified atom stereocenters. The Labute approximate surface area is 137 Å². The van der Waals surface area contributed by atoms with E-state index in [4.69, 9.17) is 4.74 Å². The molecule has 0 aliphatic carbocycles. The standard InChI is InChI=1S/C16H18F3NO4/c1-16(2,3)24-15(23)20-7-8(6-11(20)14(21)22)12-9(17)4-5-10(18)13(12)19/h4-5,8,11H,6-7H2,1-3H3,(H,21,22). The first-order valence-electron chi connectivity index (χ1n) is 7.37. The van der Waals surface area contributed by atoms with Crippen LogP contribution in [0.25, 0.3) is 0 Å². The van der Waals surface area contributed by atoms with Gasteiger partial charge in [0.05, 0.1) is 0 Å². The minimum Gasteiger partial charge on any atom is -0.480 e. The van der Waals surface area contributed by atoms with E-state index in [-0.39, 0.29) is 13.0 Å². The van der Waals surface area contributed by atoms with Gasteiger partial charge in [0, 0.05) is 18.0 Å². The number of ether oxygens (including phenoxy) is 1. The number of carbonyl (C=O) groups excluding carboxylic acids is 1. The number of rotatable bonds is 2. The third kappa shape index (κ3) is 3.63. The molecule has 1 fully saturated rings. The molecule has 0 bridgehead atoms. The van der Waals surface area contributed by atoms with Crippen molar-refractivity contribution < 1.29 is 32.6 Å². The van der Waals surface area contributed by atoms with Gasteiger partial charge in [0.15, 0.2) is 11.6 Å². The molecule has 1 N–H and O–H groups in total. The van der Waals surface area contributed by atoms with Crippen LogP contribution >= 0.6 is 0 Å². The van der Waals surface area contributed by atoms with E-state index in [1.54, 1.807) is 20.8 Å². The van der Waals surface area contributed by atoms with Crippen LogP contribution in [-0.2, 0) is 9.53 Å². The topological polar surface area (TPSA) is 66.8 Å². The number of hydrogen-bond donors (Lipinski definition) is 1. The van der Waals surface area contributed by atoms with Crippen molar-refractivity contribution in [2.75, 3.05) is 6.54 Å². The fourth-order valence-corrected chi connectivity index (χ4v) is 2.72. The van der Waals surface area contributed by atoms with Crippen molar-refractivity contribution in [1.29, 1.82) is 0 Å². The number of nitrogens with zero attached hydrogens (tertiary/aromatic N) is 1. The molecule has 0 spiro atoms. The van der Waals surface area contributed by atoms with Crippen LogP contribution < -0.4 is 0 Å². The van der Waals surface area contributed by atoms with Crippen molar-refractivity contribution in [3.63, 3.8) is 0 Å². The quantitative estimate of drug-likeness (QED) is 0.836. The predicted molar refractivity (Wildman–Crippen MR) is 78.0 cm³/mol. The second-order valence-corrected chi connectivity index (χ2v) is 6.68. The molecular formula is C16H18F3NO4. The lowest BCUT2D eigenvalue weighted by atomic mass is 9.95. The summed E-state index contributed by atoms with van der Waals surface area (Å²) in [6.45, 7) is 4.56. The molecule has 24 heavy (non-hydrogen) atoms. The fourth-order valence-electron chi connectivity index (χ4n) is 2.72. The minimum atomic E-state index is -1.37. The van der Waals surface area contributed by atoms with Crippen molar-refractivity contribution in [3.8, 4) is 0 Å². The van der Waals surface area contributed by atoms with E-state index in [9.17, 15) is 27.9 Å². The van der Waals surface area contributed by atoms with Gasteiger partial charge in [-0.15, -0.1) is 0 Å². The summed E-state index contributed by atoms with van der Waals surface area (Å²) in [4.78, 5) is 24.5. The molecule has 0 aromatic heterocycles. The second kappa shape index (κ2) is 6.33. The van der Waals surface area contributed by atoms with Gasteiger partial charge >= 0.3 is 12.1 Å². The number of carboxylic acids is 1. The third-order valence-electron chi connectivity index (χ3n) is 3.70. The van der Waals surface area contributed by atoms with Crippen LogP contribution in [0.2, 0.25) is 0 Å². The van der Waals surface area contributed by atoms with E-state index in [0.29, 0.717) is 6.07 Å². The molecule has 2 rings (SSSR count).